The summed E-state index contributed by atoms with van der Waals surface area (Å²) in [6, 6.07) is 7.17. The van der Waals surface area contributed by atoms with Crippen LogP contribution in [0.1, 0.15) is 44.9 Å². The van der Waals surface area contributed by atoms with Crippen molar-refractivity contribution in [2.24, 2.45) is 17.1 Å². The van der Waals surface area contributed by atoms with Crippen molar-refractivity contribution >= 4 is 5.91 Å². The third-order valence-corrected chi connectivity index (χ3v) is 3.78. The van der Waals surface area contributed by atoms with E-state index in [1.165, 1.54) is 0 Å². The van der Waals surface area contributed by atoms with Crippen LogP contribution in [0.3, 0.4) is 0 Å². The van der Waals surface area contributed by atoms with E-state index in [2.05, 4.69) is 33.0 Å². The lowest BCUT2D eigenvalue weighted by Gasteiger charge is -2.27. The zero-order valence-electron chi connectivity index (χ0n) is 12.7. The summed E-state index contributed by atoms with van der Waals surface area (Å²) in [5.41, 5.74) is 8.17. The predicted octanol–water partition coefficient (Wildman–Crippen LogP) is 2.79. The van der Waals surface area contributed by atoms with Crippen LogP contribution in [0, 0.1) is 18.3 Å². The molecule has 1 rings (SSSR count). The molecule has 2 unspecified atom stereocenters. The van der Waals surface area contributed by atoms with Crippen LogP contribution in [0.2, 0.25) is 0 Å². The van der Waals surface area contributed by atoms with Gasteiger partial charge in [-0.2, -0.15) is 0 Å². The number of rotatable bonds is 4. The van der Waals surface area contributed by atoms with E-state index in [1.54, 1.807) is 0 Å². The standard InChI is InChI=1S/C16H26N2O/c1-11-6-8-13(9-7-11)14(17)15(19)18-10-12(2)16(3,4)5/h6-9,12,14H,10,17H2,1-5H3,(H,18,19). The molecule has 19 heavy (non-hydrogen) atoms. The lowest BCUT2D eigenvalue weighted by Crippen LogP contribution is -2.39. The fourth-order valence-electron chi connectivity index (χ4n) is 1.59. The number of carbonyl (C=O) groups is 1. The maximum Gasteiger partial charge on any atom is 0.241 e. The average Bonchev–Trinajstić information content (AvgIpc) is 2.34. The number of hydrogen-bond donors (Lipinski definition) is 2. The topological polar surface area (TPSA) is 55.1 Å². The molecule has 1 aromatic carbocycles. The number of nitrogens with two attached hydrogens (primary N) is 1. The summed E-state index contributed by atoms with van der Waals surface area (Å²) in [6.45, 7) is 11.3. The van der Waals surface area contributed by atoms with E-state index in [1.807, 2.05) is 31.2 Å². The largest absolute Gasteiger partial charge is 0.354 e. The van der Waals surface area contributed by atoms with Crippen LogP contribution in [0.25, 0.3) is 0 Å². The molecular weight excluding hydrogens is 236 g/mol. The predicted molar refractivity (Wildman–Crippen MR) is 79.7 cm³/mol. The molecule has 0 saturated heterocycles. The molecule has 0 heterocycles. The molecule has 0 aliphatic rings. The molecule has 1 amide bonds. The second-order valence-electron chi connectivity index (χ2n) is 6.40. The van der Waals surface area contributed by atoms with Gasteiger partial charge < -0.3 is 11.1 Å². The van der Waals surface area contributed by atoms with Gasteiger partial charge in [-0.1, -0.05) is 57.5 Å². The average molecular weight is 262 g/mol. The van der Waals surface area contributed by atoms with Gasteiger partial charge in [0.15, 0.2) is 0 Å². The Morgan fingerprint density at radius 2 is 1.79 bits per heavy atom. The van der Waals surface area contributed by atoms with Crippen molar-refractivity contribution in [2.45, 2.75) is 40.7 Å². The minimum atomic E-state index is -0.590. The fraction of sp³-hybridized carbons (Fsp3) is 0.562. The van der Waals surface area contributed by atoms with Crippen LogP contribution in [-0.4, -0.2) is 12.5 Å². The molecule has 0 bridgehead atoms. The van der Waals surface area contributed by atoms with E-state index in [9.17, 15) is 4.79 Å². The van der Waals surface area contributed by atoms with E-state index in [-0.39, 0.29) is 11.3 Å². The number of hydrogen-bond acceptors (Lipinski definition) is 2. The molecular formula is C16H26N2O. The fourth-order valence-corrected chi connectivity index (χ4v) is 1.59. The van der Waals surface area contributed by atoms with Gasteiger partial charge in [0, 0.05) is 6.54 Å². The van der Waals surface area contributed by atoms with Crippen LogP contribution < -0.4 is 11.1 Å². The molecule has 0 aromatic heterocycles. The third kappa shape index (κ3) is 4.67. The van der Waals surface area contributed by atoms with E-state index in [0.29, 0.717) is 12.5 Å². The zero-order chi connectivity index (χ0) is 14.6. The summed E-state index contributed by atoms with van der Waals surface area (Å²) in [5.74, 6) is 0.293. The van der Waals surface area contributed by atoms with Gasteiger partial charge in [-0.3, -0.25) is 4.79 Å². The first-order chi connectivity index (χ1) is 8.71. The van der Waals surface area contributed by atoms with Gasteiger partial charge in [0.2, 0.25) is 5.91 Å². The lowest BCUT2D eigenvalue weighted by molar-refractivity contribution is -0.122. The maximum absolute atomic E-state index is 12.0. The number of benzene rings is 1. The van der Waals surface area contributed by atoms with Gasteiger partial charge in [0.05, 0.1) is 0 Å². The van der Waals surface area contributed by atoms with E-state index < -0.39 is 6.04 Å². The maximum atomic E-state index is 12.0. The SMILES string of the molecule is Cc1ccc(C(N)C(=O)NCC(C)C(C)(C)C)cc1. The molecule has 106 valence electrons. The molecule has 3 nitrogen and oxygen atoms in total. The van der Waals surface area contributed by atoms with Crippen molar-refractivity contribution in [3.05, 3.63) is 35.4 Å². The summed E-state index contributed by atoms with van der Waals surface area (Å²) in [5, 5.41) is 2.94. The van der Waals surface area contributed by atoms with Crippen molar-refractivity contribution < 1.29 is 4.79 Å². The Hall–Kier alpha value is -1.35. The molecule has 3 heteroatoms. The second kappa shape index (κ2) is 6.20. The quantitative estimate of drug-likeness (QED) is 0.876. The van der Waals surface area contributed by atoms with Crippen LogP contribution in [0.5, 0.6) is 0 Å². The van der Waals surface area contributed by atoms with Gasteiger partial charge in [-0.15, -0.1) is 0 Å². The Kier molecular flexibility index (Phi) is 5.12. The third-order valence-electron chi connectivity index (χ3n) is 3.78. The Morgan fingerprint density at radius 3 is 2.26 bits per heavy atom. The van der Waals surface area contributed by atoms with Crippen LogP contribution >= 0.6 is 0 Å². The summed E-state index contributed by atoms with van der Waals surface area (Å²) in [7, 11) is 0. The molecule has 3 N–H and O–H groups in total. The minimum absolute atomic E-state index is 0.111. The Bertz CT molecular complexity index is 417. The van der Waals surface area contributed by atoms with Gasteiger partial charge >= 0.3 is 0 Å². The van der Waals surface area contributed by atoms with E-state index >= 15 is 0 Å². The number of aryl methyl sites for hydroxylation is 1. The van der Waals surface area contributed by atoms with Crippen molar-refractivity contribution in [1.82, 2.24) is 5.32 Å². The Balaban J connectivity index is 2.56. The lowest BCUT2D eigenvalue weighted by atomic mass is 9.82. The molecule has 0 aliphatic heterocycles. The number of nitrogens with one attached hydrogen (secondary N) is 1. The van der Waals surface area contributed by atoms with Crippen LogP contribution in [-0.2, 0) is 4.79 Å². The van der Waals surface area contributed by atoms with Gasteiger partial charge in [-0.05, 0) is 23.8 Å². The zero-order valence-corrected chi connectivity index (χ0v) is 12.7. The summed E-state index contributed by atoms with van der Waals surface area (Å²) < 4.78 is 0. The first kappa shape index (κ1) is 15.7. The highest BCUT2D eigenvalue weighted by atomic mass is 16.2. The summed E-state index contributed by atoms with van der Waals surface area (Å²) in [4.78, 5) is 12.0. The van der Waals surface area contributed by atoms with Crippen molar-refractivity contribution in [1.29, 1.82) is 0 Å². The van der Waals surface area contributed by atoms with Crippen molar-refractivity contribution in [3.8, 4) is 0 Å². The second-order valence-corrected chi connectivity index (χ2v) is 6.40. The van der Waals surface area contributed by atoms with E-state index in [4.69, 9.17) is 5.73 Å². The van der Waals surface area contributed by atoms with Crippen LogP contribution in [0.4, 0.5) is 0 Å². The van der Waals surface area contributed by atoms with Gasteiger partial charge in [0.1, 0.15) is 6.04 Å². The normalized spacial score (nSPS) is 14.8. The highest BCUT2D eigenvalue weighted by Gasteiger charge is 2.22. The minimum Gasteiger partial charge on any atom is -0.354 e. The molecule has 0 spiro atoms. The first-order valence-corrected chi connectivity index (χ1v) is 6.81. The van der Waals surface area contributed by atoms with E-state index in [0.717, 1.165) is 11.1 Å². The first-order valence-electron chi connectivity index (χ1n) is 6.81. The number of carbonyl (C=O) groups excluding carboxylic acids is 1. The van der Waals surface area contributed by atoms with Crippen molar-refractivity contribution in [3.63, 3.8) is 0 Å². The monoisotopic (exact) mass is 262 g/mol. The highest BCUT2D eigenvalue weighted by molar-refractivity contribution is 5.82. The highest BCUT2D eigenvalue weighted by Crippen LogP contribution is 2.24. The van der Waals surface area contributed by atoms with Gasteiger partial charge in [0.25, 0.3) is 0 Å². The molecule has 0 fully saturated rings. The Morgan fingerprint density at radius 1 is 1.26 bits per heavy atom. The summed E-state index contributed by atoms with van der Waals surface area (Å²) >= 11 is 0. The molecule has 0 aliphatic carbocycles. The molecule has 1 aromatic rings. The smallest absolute Gasteiger partial charge is 0.241 e. The molecule has 0 radical (unpaired) electrons. The van der Waals surface area contributed by atoms with Crippen LogP contribution in [0.15, 0.2) is 24.3 Å². The van der Waals surface area contributed by atoms with Crippen molar-refractivity contribution in [2.75, 3.05) is 6.54 Å². The number of amides is 1. The molecule has 2 atom stereocenters. The van der Waals surface area contributed by atoms with Gasteiger partial charge in [-0.25, -0.2) is 0 Å². The summed E-state index contributed by atoms with van der Waals surface area (Å²) in [6.07, 6.45) is 0. The Labute approximate surface area is 116 Å². The molecule has 0 saturated carbocycles.